The summed E-state index contributed by atoms with van der Waals surface area (Å²) in [5, 5.41) is 3.43. The molecule has 0 radical (unpaired) electrons. The monoisotopic (exact) mass is 257 g/mol. The van der Waals surface area contributed by atoms with E-state index in [4.69, 9.17) is 16.3 Å². The molecule has 1 aromatic heterocycles. The molecule has 0 aromatic carbocycles. The average Bonchev–Trinajstić information content (AvgIpc) is 2.36. The van der Waals surface area contributed by atoms with Crippen LogP contribution in [0, 0.1) is 0 Å². The van der Waals surface area contributed by atoms with E-state index in [-0.39, 0.29) is 5.38 Å². The van der Waals surface area contributed by atoms with Gasteiger partial charge in [0.25, 0.3) is 0 Å². The zero-order chi connectivity index (χ0) is 12.5. The number of ether oxygens (including phenoxy) is 1. The first kappa shape index (κ1) is 14.0. The molecule has 0 aliphatic carbocycles. The molecule has 0 amide bonds. The van der Waals surface area contributed by atoms with E-state index in [0.717, 1.165) is 31.6 Å². The normalized spacial score (nSPS) is 12.2. The second-order valence-electron chi connectivity index (χ2n) is 3.81. The molecule has 0 spiro atoms. The van der Waals surface area contributed by atoms with Crippen LogP contribution in [0.25, 0.3) is 0 Å². The van der Waals surface area contributed by atoms with Crippen LogP contribution in [0.1, 0.15) is 33.1 Å². The third kappa shape index (κ3) is 5.73. The zero-order valence-electron chi connectivity index (χ0n) is 10.4. The Balaban J connectivity index is 2.37. The molecule has 1 rings (SSSR count). The van der Waals surface area contributed by atoms with Crippen molar-refractivity contribution >= 4 is 17.4 Å². The Bertz CT molecular complexity index is 322. The predicted octanol–water partition coefficient (Wildman–Crippen LogP) is 3.08. The Labute approximate surface area is 108 Å². The van der Waals surface area contributed by atoms with Crippen LogP contribution in [0.3, 0.4) is 0 Å². The van der Waals surface area contributed by atoms with Crippen LogP contribution in [0.15, 0.2) is 12.4 Å². The minimum Gasteiger partial charge on any atom is -0.478 e. The molecule has 1 unspecified atom stereocenters. The number of hydrogen-bond donors (Lipinski definition) is 1. The highest BCUT2D eigenvalue weighted by Gasteiger charge is 2.02. The Kier molecular flexibility index (Phi) is 6.70. The molecule has 0 aliphatic heterocycles. The molecule has 0 aliphatic rings. The molecule has 5 heteroatoms. The zero-order valence-corrected chi connectivity index (χ0v) is 11.2. The summed E-state index contributed by atoms with van der Waals surface area (Å²) in [7, 11) is 0. The highest BCUT2D eigenvalue weighted by Crippen LogP contribution is 2.12. The summed E-state index contributed by atoms with van der Waals surface area (Å²) in [6.07, 6.45) is 4.38. The summed E-state index contributed by atoms with van der Waals surface area (Å²) >= 11 is 6.03. The van der Waals surface area contributed by atoms with Gasteiger partial charge in [-0.2, -0.15) is 0 Å². The van der Waals surface area contributed by atoms with Crippen molar-refractivity contribution in [2.45, 2.75) is 38.5 Å². The van der Waals surface area contributed by atoms with Crippen LogP contribution >= 0.6 is 11.6 Å². The van der Waals surface area contributed by atoms with Gasteiger partial charge in [0.2, 0.25) is 5.88 Å². The van der Waals surface area contributed by atoms with Crippen molar-refractivity contribution in [3.05, 3.63) is 12.4 Å². The largest absolute Gasteiger partial charge is 0.478 e. The second-order valence-corrected chi connectivity index (χ2v) is 4.43. The summed E-state index contributed by atoms with van der Waals surface area (Å²) in [5.74, 6) is 1.40. The van der Waals surface area contributed by atoms with Crippen LogP contribution in [-0.2, 0) is 0 Å². The van der Waals surface area contributed by atoms with Crippen molar-refractivity contribution in [2.24, 2.45) is 0 Å². The molecule has 0 fully saturated rings. The summed E-state index contributed by atoms with van der Waals surface area (Å²) < 4.78 is 5.43. The molecule has 1 aromatic rings. The van der Waals surface area contributed by atoms with Crippen LogP contribution in [0.2, 0.25) is 0 Å². The van der Waals surface area contributed by atoms with Crippen LogP contribution in [0.5, 0.6) is 5.88 Å². The van der Waals surface area contributed by atoms with Gasteiger partial charge in [-0.3, -0.25) is 0 Å². The molecule has 0 saturated heterocycles. The molecule has 1 atom stereocenters. The Hall–Kier alpha value is -1.03. The Morgan fingerprint density at radius 2 is 2.24 bits per heavy atom. The van der Waals surface area contributed by atoms with Gasteiger partial charge in [0.05, 0.1) is 6.61 Å². The van der Waals surface area contributed by atoms with Crippen LogP contribution < -0.4 is 10.1 Å². The summed E-state index contributed by atoms with van der Waals surface area (Å²) in [6, 6.07) is 1.81. The lowest BCUT2D eigenvalue weighted by Gasteiger charge is -2.09. The topological polar surface area (TPSA) is 47.0 Å². The first-order valence-electron chi connectivity index (χ1n) is 6.09. The van der Waals surface area contributed by atoms with Crippen molar-refractivity contribution in [1.82, 2.24) is 9.97 Å². The van der Waals surface area contributed by atoms with E-state index >= 15 is 0 Å². The molecule has 1 N–H and O–H groups in total. The molecule has 17 heavy (non-hydrogen) atoms. The highest BCUT2D eigenvalue weighted by atomic mass is 35.5. The van der Waals surface area contributed by atoms with Gasteiger partial charge < -0.3 is 10.1 Å². The number of rotatable bonds is 8. The molecule has 1 heterocycles. The maximum Gasteiger partial charge on any atom is 0.218 e. The van der Waals surface area contributed by atoms with E-state index in [1.54, 1.807) is 0 Å². The van der Waals surface area contributed by atoms with Crippen LogP contribution in [0.4, 0.5) is 5.82 Å². The number of nitrogens with one attached hydrogen (secondary N) is 1. The quantitative estimate of drug-likeness (QED) is 0.727. The predicted molar refractivity (Wildman–Crippen MR) is 70.9 cm³/mol. The van der Waals surface area contributed by atoms with Gasteiger partial charge in [-0.25, -0.2) is 9.97 Å². The van der Waals surface area contributed by atoms with Gasteiger partial charge in [-0.05, 0) is 19.3 Å². The van der Waals surface area contributed by atoms with Crippen LogP contribution in [-0.4, -0.2) is 28.5 Å². The molecule has 4 nitrogen and oxygen atoms in total. The fraction of sp³-hybridized carbons (Fsp3) is 0.667. The number of halogens is 1. The minimum atomic E-state index is 0.222. The number of aromatic nitrogens is 2. The third-order valence-electron chi connectivity index (χ3n) is 2.30. The summed E-state index contributed by atoms with van der Waals surface area (Å²) in [5.41, 5.74) is 0. The summed E-state index contributed by atoms with van der Waals surface area (Å²) in [6.45, 7) is 5.63. The first-order chi connectivity index (χ1) is 8.26. The molecule has 0 saturated carbocycles. The van der Waals surface area contributed by atoms with Gasteiger partial charge >= 0.3 is 0 Å². The van der Waals surface area contributed by atoms with E-state index in [1.165, 1.54) is 6.33 Å². The van der Waals surface area contributed by atoms with E-state index in [2.05, 4.69) is 29.1 Å². The molecular weight excluding hydrogens is 238 g/mol. The number of anilines is 1. The number of hydrogen-bond acceptors (Lipinski definition) is 4. The highest BCUT2D eigenvalue weighted by molar-refractivity contribution is 6.20. The SMILES string of the molecule is CCCOc1cc(NCCC(Cl)CC)ncn1. The Morgan fingerprint density at radius 1 is 1.41 bits per heavy atom. The molecule has 96 valence electrons. The molecule has 0 bridgehead atoms. The Morgan fingerprint density at radius 3 is 2.94 bits per heavy atom. The smallest absolute Gasteiger partial charge is 0.218 e. The van der Waals surface area contributed by atoms with Crippen molar-refractivity contribution < 1.29 is 4.74 Å². The van der Waals surface area contributed by atoms with Gasteiger partial charge in [-0.15, -0.1) is 11.6 Å². The maximum atomic E-state index is 6.03. The second kappa shape index (κ2) is 8.12. The minimum absolute atomic E-state index is 0.222. The summed E-state index contributed by atoms with van der Waals surface area (Å²) in [4.78, 5) is 8.16. The van der Waals surface area contributed by atoms with E-state index in [0.29, 0.717) is 12.5 Å². The fourth-order valence-electron chi connectivity index (χ4n) is 1.28. The number of nitrogens with zero attached hydrogens (tertiary/aromatic N) is 2. The lowest BCUT2D eigenvalue weighted by Crippen LogP contribution is -2.09. The van der Waals surface area contributed by atoms with Gasteiger partial charge in [-0.1, -0.05) is 13.8 Å². The lowest BCUT2D eigenvalue weighted by molar-refractivity contribution is 0.305. The van der Waals surface area contributed by atoms with Gasteiger partial charge in [0.15, 0.2) is 0 Å². The number of alkyl halides is 1. The van der Waals surface area contributed by atoms with Crippen molar-refractivity contribution in [1.29, 1.82) is 0 Å². The maximum absolute atomic E-state index is 6.03. The third-order valence-corrected chi connectivity index (χ3v) is 2.83. The average molecular weight is 258 g/mol. The standard InChI is InChI=1S/C12H20ClN3O/c1-3-7-17-12-8-11(15-9-16-12)14-6-5-10(13)4-2/h8-10H,3-7H2,1-2H3,(H,14,15,16). The molecular formula is C12H20ClN3O. The van der Waals surface area contributed by atoms with E-state index < -0.39 is 0 Å². The fourth-order valence-corrected chi connectivity index (χ4v) is 1.39. The van der Waals surface area contributed by atoms with Crippen molar-refractivity contribution in [2.75, 3.05) is 18.5 Å². The van der Waals surface area contributed by atoms with Crippen molar-refractivity contribution in [3.63, 3.8) is 0 Å². The lowest BCUT2D eigenvalue weighted by atomic mass is 10.2. The van der Waals surface area contributed by atoms with Gasteiger partial charge in [0, 0.05) is 18.0 Å². The van der Waals surface area contributed by atoms with E-state index in [9.17, 15) is 0 Å². The van der Waals surface area contributed by atoms with Gasteiger partial charge in [0.1, 0.15) is 12.1 Å². The first-order valence-corrected chi connectivity index (χ1v) is 6.52. The van der Waals surface area contributed by atoms with Crippen molar-refractivity contribution in [3.8, 4) is 5.88 Å². The van der Waals surface area contributed by atoms with E-state index in [1.807, 2.05) is 6.07 Å².